The smallest absolute Gasteiger partial charge is 0.404 e. The van der Waals surface area contributed by atoms with E-state index in [-0.39, 0.29) is 5.75 Å². The van der Waals surface area contributed by atoms with Gasteiger partial charge in [-0.25, -0.2) is 13.7 Å². The molecule has 21 heavy (non-hydrogen) atoms. The van der Waals surface area contributed by atoms with Crippen LogP contribution < -0.4 is 4.52 Å². The molecule has 12 nitrogen and oxygen atoms in total. The Labute approximate surface area is 118 Å². The van der Waals surface area contributed by atoms with Gasteiger partial charge in [-0.15, -0.1) is 0 Å². The topological polar surface area (TPSA) is 222 Å². The molecule has 0 aliphatic heterocycles. The van der Waals surface area contributed by atoms with Gasteiger partial charge in [-0.05, 0) is 12.1 Å². The summed E-state index contributed by atoms with van der Waals surface area (Å²) in [5, 5.41) is 0. The van der Waals surface area contributed by atoms with Crippen molar-refractivity contribution in [3.05, 3.63) is 30.3 Å². The van der Waals surface area contributed by atoms with Crippen LogP contribution in [0.2, 0.25) is 0 Å². The number of phosphoric ester groups is 1. The average molecular weight is 370 g/mol. The lowest BCUT2D eigenvalue weighted by Gasteiger charge is -2.04. The molecular formula is C6H13O12P3. The highest BCUT2D eigenvalue weighted by atomic mass is 31.2. The lowest BCUT2D eigenvalue weighted by Crippen LogP contribution is -1.88. The molecule has 0 atom stereocenters. The van der Waals surface area contributed by atoms with Gasteiger partial charge in [0.05, 0.1) is 0 Å². The third kappa shape index (κ3) is 38.2. The zero-order chi connectivity index (χ0) is 17.3. The van der Waals surface area contributed by atoms with Gasteiger partial charge >= 0.3 is 23.5 Å². The molecule has 0 heterocycles. The standard InChI is InChI=1S/C6H7O4P.2H3O4P/c7-11(8,9)10-6-4-2-1-3-5-6;2*1-5(2,3)4/h1-5H,(H2,7,8,9);2*(H3,1,2,3,4). The molecule has 1 aromatic rings. The lowest BCUT2D eigenvalue weighted by atomic mass is 10.3. The molecule has 0 fully saturated rings. The number of benzene rings is 1. The van der Waals surface area contributed by atoms with Crippen molar-refractivity contribution in [3.8, 4) is 5.75 Å². The van der Waals surface area contributed by atoms with Crippen LogP contribution >= 0.6 is 23.5 Å². The second-order valence-electron chi connectivity index (χ2n) is 2.92. The van der Waals surface area contributed by atoms with Gasteiger partial charge in [-0.3, -0.25) is 9.79 Å². The highest BCUT2D eigenvalue weighted by molar-refractivity contribution is 7.46. The molecule has 0 spiro atoms. The average Bonchev–Trinajstić information content (AvgIpc) is 2.10. The van der Waals surface area contributed by atoms with Crippen molar-refractivity contribution in [1.29, 1.82) is 0 Å². The molecule has 0 unspecified atom stereocenters. The maximum Gasteiger partial charge on any atom is 0.524 e. The maximum atomic E-state index is 10.3. The molecule has 0 bridgehead atoms. The van der Waals surface area contributed by atoms with E-state index in [1.54, 1.807) is 18.2 Å². The molecule has 1 rings (SSSR count). The van der Waals surface area contributed by atoms with Gasteiger partial charge in [0.25, 0.3) is 0 Å². The van der Waals surface area contributed by atoms with Gasteiger partial charge in [0.2, 0.25) is 0 Å². The molecule has 0 aromatic heterocycles. The van der Waals surface area contributed by atoms with E-state index in [4.69, 9.17) is 48.3 Å². The summed E-state index contributed by atoms with van der Waals surface area (Å²) in [6, 6.07) is 7.93. The molecule has 0 saturated carbocycles. The molecule has 1 aromatic carbocycles. The molecule has 0 aliphatic carbocycles. The van der Waals surface area contributed by atoms with Crippen LogP contribution in [-0.4, -0.2) is 39.1 Å². The van der Waals surface area contributed by atoms with E-state index >= 15 is 0 Å². The van der Waals surface area contributed by atoms with Crippen LogP contribution in [-0.2, 0) is 13.7 Å². The van der Waals surface area contributed by atoms with Crippen LogP contribution in [0.4, 0.5) is 0 Å². The van der Waals surface area contributed by atoms with Crippen LogP contribution in [0.25, 0.3) is 0 Å². The van der Waals surface area contributed by atoms with E-state index in [9.17, 15) is 4.57 Å². The van der Waals surface area contributed by atoms with E-state index in [0.29, 0.717) is 0 Å². The fourth-order valence-electron chi connectivity index (χ4n) is 0.619. The fraction of sp³-hybridized carbons (Fsp3) is 0. The van der Waals surface area contributed by atoms with Crippen LogP contribution in [0.1, 0.15) is 0 Å². The van der Waals surface area contributed by atoms with Crippen molar-refractivity contribution in [3.63, 3.8) is 0 Å². The normalized spacial score (nSPS) is 11.4. The predicted octanol–water partition coefficient (Wildman–Crippen LogP) is -0.699. The monoisotopic (exact) mass is 370 g/mol. The Bertz CT molecular complexity index is 489. The van der Waals surface area contributed by atoms with Crippen molar-refractivity contribution in [2.45, 2.75) is 0 Å². The highest BCUT2D eigenvalue weighted by Gasteiger charge is 2.14. The van der Waals surface area contributed by atoms with Gasteiger partial charge in [0.15, 0.2) is 0 Å². The first-order valence-electron chi connectivity index (χ1n) is 4.45. The molecular weight excluding hydrogens is 357 g/mol. The summed E-state index contributed by atoms with van der Waals surface area (Å²) in [5.74, 6) is 0.167. The quantitative estimate of drug-likeness (QED) is 0.303. The van der Waals surface area contributed by atoms with E-state index in [0.717, 1.165) is 0 Å². The van der Waals surface area contributed by atoms with E-state index in [1.807, 2.05) is 0 Å². The number of phosphoric acid groups is 3. The molecule has 0 amide bonds. The van der Waals surface area contributed by atoms with Crippen LogP contribution in [0.5, 0.6) is 5.75 Å². The Morgan fingerprint density at radius 3 is 1.19 bits per heavy atom. The predicted molar refractivity (Wildman–Crippen MR) is 67.6 cm³/mol. The first-order valence-corrected chi connectivity index (χ1v) is 9.11. The largest absolute Gasteiger partial charge is 0.524 e. The second kappa shape index (κ2) is 9.42. The summed E-state index contributed by atoms with van der Waals surface area (Å²) in [4.78, 5) is 59.8. The Hall–Kier alpha value is -0.610. The molecule has 15 heteroatoms. The van der Waals surface area contributed by atoms with E-state index in [1.165, 1.54) is 12.1 Å². The van der Waals surface area contributed by atoms with Crippen molar-refractivity contribution in [1.82, 2.24) is 0 Å². The first-order chi connectivity index (χ1) is 9.08. The van der Waals surface area contributed by atoms with Crippen LogP contribution in [0.15, 0.2) is 30.3 Å². The minimum atomic E-state index is -4.64. The first kappa shape index (κ1) is 22.7. The van der Waals surface area contributed by atoms with Crippen molar-refractivity contribution in [2.75, 3.05) is 0 Å². The van der Waals surface area contributed by atoms with Gasteiger partial charge in [-0.1, -0.05) is 18.2 Å². The summed E-state index contributed by atoms with van der Waals surface area (Å²) in [6.45, 7) is 0. The van der Waals surface area contributed by atoms with Gasteiger partial charge in [0, 0.05) is 0 Å². The Balaban J connectivity index is 0. The van der Waals surface area contributed by atoms with Gasteiger partial charge in [0.1, 0.15) is 5.75 Å². The van der Waals surface area contributed by atoms with Crippen molar-refractivity contribution < 1.29 is 57.4 Å². The zero-order valence-corrected chi connectivity index (χ0v) is 12.6. The SMILES string of the molecule is O=P(O)(O)O.O=P(O)(O)O.O=P(O)(O)Oc1ccccc1. The van der Waals surface area contributed by atoms with E-state index in [2.05, 4.69) is 4.52 Å². The summed E-state index contributed by atoms with van der Waals surface area (Å²) >= 11 is 0. The van der Waals surface area contributed by atoms with Crippen molar-refractivity contribution in [2.24, 2.45) is 0 Å². The summed E-state index contributed by atoms with van der Waals surface area (Å²) in [6.07, 6.45) is 0. The van der Waals surface area contributed by atoms with Crippen molar-refractivity contribution >= 4 is 23.5 Å². The molecule has 8 N–H and O–H groups in total. The van der Waals surface area contributed by atoms with Crippen LogP contribution in [0.3, 0.4) is 0 Å². The van der Waals surface area contributed by atoms with Crippen LogP contribution in [0, 0.1) is 0 Å². The number of hydrogen-bond acceptors (Lipinski definition) is 4. The molecule has 0 aliphatic rings. The summed E-state index contributed by atoms with van der Waals surface area (Å²) in [5.41, 5.74) is 0. The lowest BCUT2D eigenvalue weighted by molar-refractivity contribution is 0.272. The fourth-order valence-corrected chi connectivity index (χ4v) is 1.02. The summed E-state index contributed by atoms with van der Waals surface area (Å²) in [7, 11) is -13.7. The Kier molecular flexibility index (Phi) is 10.2. The number of para-hydroxylation sites is 1. The maximum absolute atomic E-state index is 10.3. The molecule has 0 radical (unpaired) electrons. The van der Waals surface area contributed by atoms with Gasteiger partial charge in [-0.2, -0.15) is 0 Å². The third-order valence-corrected chi connectivity index (χ3v) is 1.42. The van der Waals surface area contributed by atoms with Gasteiger partial charge < -0.3 is 33.9 Å². The third-order valence-electron chi connectivity index (χ3n) is 0.968. The Morgan fingerprint density at radius 1 is 0.667 bits per heavy atom. The molecule has 124 valence electrons. The molecule has 0 saturated heterocycles. The second-order valence-corrected chi connectivity index (χ2v) is 6.14. The van der Waals surface area contributed by atoms with E-state index < -0.39 is 23.5 Å². The minimum absolute atomic E-state index is 0.167. The number of rotatable bonds is 2. The number of hydrogen-bond donors (Lipinski definition) is 8. The zero-order valence-electron chi connectivity index (χ0n) is 9.94. The minimum Gasteiger partial charge on any atom is -0.404 e. The Morgan fingerprint density at radius 2 is 0.952 bits per heavy atom. The summed E-state index contributed by atoms with van der Waals surface area (Å²) < 4.78 is 32.3. The highest BCUT2D eigenvalue weighted by Crippen LogP contribution is 2.36.